The van der Waals surface area contributed by atoms with Gasteiger partial charge in [-0.2, -0.15) is 5.26 Å². The summed E-state index contributed by atoms with van der Waals surface area (Å²) in [7, 11) is 0. The molecule has 1 heterocycles. The normalized spacial score (nSPS) is 11.2. The minimum Gasteiger partial charge on any atom is -0.471 e. The van der Waals surface area contributed by atoms with E-state index in [2.05, 4.69) is 11.2 Å². The number of rotatable bonds is 3. The zero-order valence-corrected chi connectivity index (χ0v) is 12.8. The molecule has 2 aromatic rings. The summed E-state index contributed by atoms with van der Waals surface area (Å²) in [6.45, 7) is 8.31. The van der Waals surface area contributed by atoms with Crippen molar-refractivity contribution in [1.29, 1.82) is 5.26 Å². The fourth-order valence-electron chi connectivity index (χ4n) is 2.05. The SMILES string of the molecule is Cc1ccccc1COc1nn(C(C)(C)C)c(N)c1C#N. The van der Waals surface area contributed by atoms with Gasteiger partial charge in [0.15, 0.2) is 5.56 Å². The Bertz CT molecular complexity index is 689. The quantitative estimate of drug-likeness (QED) is 0.940. The molecular weight excluding hydrogens is 264 g/mol. The number of hydrogen-bond acceptors (Lipinski definition) is 4. The average Bonchev–Trinajstić information content (AvgIpc) is 2.74. The Morgan fingerprint density at radius 2 is 2.00 bits per heavy atom. The van der Waals surface area contributed by atoms with Crippen molar-refractivity contribution in [1.82, 2.24) is 9.78 Å². The van der Waals surface area contributed by atoms with Gasteiger partial charge in [0.2, 0.25) is 0 Å². The topological polar surface area (TPSA) is 76.9 Å². The minimum atomic E-state index is -0.306. The molecule has 0 aliphatic rings. The summed E-state index contributed by atoms with van der Waals surface area (Å²) in [5.74, 6) is 0.623. The molecule has 0 fully saturated rings. The van der Waals surface area contributed by atoms with Crippen molar-refractivity contribution in [2.24, 2.45) is 0 Å². The van der Waals surface area contributed by atoms with E-state index in [0.29, 0.717) is 18.0 Å². The van der Waals surface area contributed by atoms with Crippen LogP contribution < -0.4 is 10.5 Å². The lowest BCUT2D eigenvalue weighted by Crippen LogP contribution is -2.24. The molecule has 110 valence electrons. The average molecular weight is 284 g/mol. The first-order valence-electron chi connectivity index (χ1n) is 6.81. The minimum absolute atomic E-state index is 0.285. The fraction of sp³-hybridized carbons (Fsp3) is 0.375. The molecule has 1 aromatic carbocycles. The third kappa shape index (κ3) is 3.00. The van der Waals surface area contributed by atoms with E-state index < -0.39 is 0 Å². The van der Waals surface area contributed by atoms with Crippen molar-refractivity contribution in [3.05, 3.63) is 41.0 Å². The highest BCUT2D eigenvalue weighted by molar-refractivity contribution is 5.55. The number of aromatic nitrogens is 2. The number of benzene rings is 1. The van der Waals surface area contributed by atoms with Gasteiger partial charge >= 0.3 is 0 Å². The Morgan fingerprint density at radius 1 is 1.33 bits per heavy atom. The Labute approximate surface area is 124 Å². The summed E-state index contributed by atoms with van der Waals surface area (Å²) in [5.41, 5.74) is 8.18. The Kier molecular flexibility index (Phi) is 3.90. The van der Waals surface area contributed by atoms with E-state index in [1.165, 1.54) is 0 Å². The molecule has 5 nitrogen and oxygen atoms in total. The van der Waals surface area contributed by atoms with Gasteiger partial charge < -0.3 is 10.5 Å². The Hall–Kier alpha value is -2.48. The zero-order valence-electron chi connectivity index (χ0n) is 12.8. The lowest BCUT2D eigenvalue weighted by atomic mass is 10.1. The lowest BCUT2D eigenvalue weighted by molar-refractivity contribution is 0.276. The van der Waals surface area contributed by atoms with E-state index in [-0.39, 0.29) is 11.4 Å². The summed E-state index contributed by atoms with van der Waals surface area (Å²) >= 11 is 0. The molecule has 0 aliphatic carbocycles. The molecule has 0 radical (unpaired) electrons. The molecule has 0 spiro atoms. The van der Waals surface area contributed by atoms with Gasteiger partial charge in [0.1, 0.15) is 18.5 Å². The number of ether oxygens (including phenoxy) is 1. The fourth-order valence-corrected chi connectivity index (χ4v) is 2.05. The van der Waals surface area contributed by atoms with Crippen molar-refractivity contribution in [2.75, 3.05) is 5.73 Å². The van der Waals surface area contributed by atoms with Gasteiger partial charge in [-0.3, -0.25) is 0 Å². The van der Waals surface area contributed by atoms with E-state index in [0.717, 1.165) is 11.1 Å². The van der Waals surface area contributed by atoms with Crippen molar-refractivity contribution in [3.8, 4) is 11.9 Å². The van der Waals surface area contributed by atoms with Crippen LogP contribution in [0.15, 0.2) is 24.3 Å². The van der Waals surface area contributed by atoms with Gasteiger partial charge in [0.05, 0.1) is 5.54 Å². The van der Waals surface area contributed by atoms with Crippen LogP contribution in [0.3, 0.4) is 0 Å². The van der Waals surface area contributed by atoms with Crippen molar-refractivity contribution < 1.29 is 4.74 Å². The maximum absolute atomic E-state index is 9.27. The van der Waals surface area contributed by atoms with E-state index in [1.54, 1.807) is 4.68 Å². The Morgan fingerprint density at radius 3 is 2.57 bits per heavy atom. The largest absolute Gasteiger partial charge is 0.471 e. The number of nitrogens with zero attached hydrogens (tertiary/aromatic N) is 3. The smallest absolute Gasteiger partial charge is 0.253 e. The lowest BCUT2D eigenvalue weighted by Gasteiger charge is -2.20. The number of anilines is 1. The first-order valence-corrected chi connectivity index (χ1v) is 6.81. The van der Waals surface area contributed by atoms with Crippen LogP contribution in [0, 0.1) is 18.3 Å². The number of aryl methyl sites for hydroxylation is 1. The predicted molar refractivity (Wildman–Crippen MR) is 81.9 cm³/mol. The van der Waals surface area contributed by atoms with Crippen LogP contribution in [0.1, 0.15) is 37.5 Å². The molecule has 5 heteroatoms. The van der Waals surface area contributed by atoms with Gasteiger partial charge in [-0.05, 0) is 38.8 Å². The zero-order chi connectivity index (χ0) is 15.6. The number of hydrogen-bond donors (Lipinski definition) is 1. The molecule has 0 bridgehead atoms. The van der Waals surface area contributed by atoms with Crippen molar-refractivity contribution >= 4 is 5.82 Å². The molecule has 0 saturated carbocycles. The summed E-state index contributed by atoms with van der Waals surface area (Å²) in [6.07, 6.45) is 0. The van der Waals surface area contributed by atoms with Gasteiger partial charge in [0.25, 0.3) is 5.88 Å². The van der Waals surface area contributed by atoms with Gasteiger partial charge in [-0.1, -0.05) is 24.3 Å². The second-order valence-corrected chi connectivity index (χ2v) is 5.97. The molecule has 0 aliphatic heterocycles. The van der Waals surface area contributed by atoms with Crippen LogP contribution in [0.5, 0.6) is 5.88 Å². The maximum atomic E-state index is 9.27. The van der Waals surface area contributed by atoms with Gasteiger partial charge in [-0.15, -0.1) is 5.10 Å². The van der Waals surface area contributed by atoms with E-state index in [9.17, 15) is 5.26 Å². The highest BCUT2D eigenvalue weighted by atomic mass is 16.5. The molecule has 2 N–H and O–H groups in total. The van der Waals surface area contributed by atoms with Crippen molar-refractivity contribution in [3.63, 3.8) is 0 Å². The van der Waals surface area contributed by atoms with E-state index in [1.807, 2.05) is 52.0 Å². The third-order valence-corrected chi connectivity index (χ3v) is 3.26. The standard InChI is InChI=1S/C16H20N4O/c1-11-7-5-6-8-12(11)10-21-15-13(9-17)14(18)20(19-15)16(2,3)4/h5-8H,10,18H2,1-4H3. The number of nitriles is 1. The number of nitrogen functional groups attached to an aromatic ring is 1. The predicted octanol–water partition coefficient (Wildman–Crippen LogP) is 2.98. The third-order valence-electron chi connectivity index (χ3n) is 3.26. The Balaban J connectivity index is 2.29. The first kappa shape index (κ1) is 14.9. The van der Waals surface area contributed by atoms with Crippen LogP contribution in [-0.2, 0) is 12.1 Å². The summed E-state index contributed by atoms with van der Waals surface area (Å²) in [5, 5.41) is 13.6. The summed E-state index contributed by atoms with van der Waals surface area (Å²) < 4.78 is 7.34. The second-order valence-electron chi connectivity index (χ2n) is 5.97. The van der Waals surface area contributed by atoms with E-state index in [4.69, 9.17) is 10.5 Å². The molecular formula is C16H20N4O. The molecule has 2 rings (SSSR count). The first-order chi connectivity index (χ1) is 9.84. The second kappa shape index (κ2) is 5.49. The van der Waals surface area contributed by atoms with Crippen molar-refractivity contribution in [2.45, 2.75) is 39.8 Å². The highest BCUT2D eigenvalue weighted by Crippen LogP contribution is 2.28. The van der Waals surface area contributed by atoms with Crippen LogP contribution in [0.25, 0.3) is 0 Å². The van der Waals surface area contributed by atoms with E-state index >= 15 is 0 Å². The van der Waals surface area contributed by atoms with Crippen LogP contribution in [0.4, 0.5) is 5.82 Å². The van der Waals surface area contributed by atoms with Gasteiger partial charge in [-0.25, -0.2) is 4.68 Å². The summed E-state index contributed by atoms with van der Waals surface area (Å²) in [6, 6.07) is 10.0. The molecule has 0 unspecified atom stereocenters. The van der Waals surface area contributed by atoms with Gasteiger partial charge in [0, 0.05) is 0 Å². The maximum Gasteiger partial charge on any atom is 0.253 e. The molecule has 0 atom stereocenters. The monoisotopic (exact) mass is 284 g/mol. The molecule has 0 amide bonds. The van der Waals surface area contributed by atoms with Crippen LogP contribution in [0.2, 0.25) is 0 Å². The molecule has 21 heavy (non-hydrogen) atoms. The summed E-state index contributed by atoms with van der Waals surface area (Å²) in [4.78, 5) is 0. The van der Waals surface area contributed by atoms with Crippen LogP contribution >= 0.6 is 0 Å². The molecule has 0 saturated heterocycles. The highest BCUT2D eigenvalue weighted by Gasteiger charge is 2.24. The number of nitrogens with two attached hydrogens (primary N) is 1. The van der Waals surface area contributed by atoms with Crippen LogP contribution in [-0.4, -0.2) is 9.78 Å². The molecule has 1 aromatic heterocycles.